The van der Waals surface area contributed by atoms with Crippen LogP contribution in [0.3, 0.4) is 0 Å². The zero-order valence-corrected chi connectivity index (χ0v) is 7.02. The van der Waals surface area contributed by atoms with E-state index in [1.807, 2.05) is 0 Å². The molecule has 0 aliphatic heterocycles. The van der Waals surface area contributed by atoms with Gasteiger partial charge < -0.3 is 9.42 Å². The SMILES string of the molecule is CCOP[O-].[Na+]. The maximum Gasteiger partial charge on any atom is 1.00 e. The second-order valence-electron chi connectivity index (χ2n) is 0.516. The molecule has 0 saturated carbocycles. The maximum atomic E-state index is 9.34. The average molecular weight is 116 g/mol. The molecule has 1 unspecified atom stereocenters. The molecule has 32 valence electrons. The summed E-state index contributed by atoms with van der Waals surface area (Å²) in [4.78, 5) is 9.34. The van der Waals surface area contributed by atoms with Gasteiger partial charge in [-0.05, 0) is 6.92 Å². The molecule has 0 radical (unpaired) electrons. The Morgan fingerprint density at radius 3 is 2.33 bits per heavy atom. The number of hydrogen-bond donors (Lipinski definition) is 0. The quantitative estimate of drug-likeness (QED) is 0.282. The fourth-order valence-corrected chi connectivity index (χ4v) is 0.177. The molecule has 0 aliphatic rings. The van der Waals surface area contributed by atoms with E-state index in [0.29, 0.717) is 6.61 Å². The second-order valence-corrected chi connectivity index (χ2v) is 0.972. The van der Waals surface area contributed by atoms with E-state index in [-0.39, 0.29) is 29.6 Å². The van der Waals surface area contributed by atoms with Crippen molar-refractivity contribution in [3.63, 3.8) is 0 Å². The van der Waals surface area contributed by atoms with Crippen LogP contribution in [0.5, 0.6) is 0 Å². The van der Waals surface area contributed by atoms with Gasteiger partial charge >= 0.3 is 29.6 Å². The van der Waals surface area contributed by atoms with Gasteiger partial charge in [-0.2, -0.15) is 0 Å². The molecule has 0 saturated heterocycles. The number of hydrogen-bond acceptors (Lipinski definition) is 2. The fraction of sp³-hybridized carbons (Fsp3) is 1.00. The van der Waals surface area contributed by atoms with Gasteiger partial charge in [0.15, 0.2) is 0 Å². The molecule has 0 bridgehead atoms. The Bertz CT molecular complexity index is 19.0. The number of rotatable bonds is 2. The van der Waals surface area contributed by atoms with Crippen molar-refractivity contribution in [3.05, 3.63) is 0 Å². The molecule has 0 aromatic carbocycles. The Kier molecular flexibility index (Phi) is 16.6. The Morgan fingerprint density at radius 2 is 2.33 bits per heavy atom. The third-order valence-corrected chi connectivity index (χ3v) is 0.610. The molecular formula is C2H6NaO2P. The monoisotopic (exact) mass is 116 g/mol. The molecule has 0 aromatic rings. The smallest absolute Gasteiger partial charge is 0.810 e. The first-order chi connectivity index (χ1) is 2.41. The Labute approximate surface area is 61.5 Å². The summed E-state index contributed by atoms with van der Waals surface area (Å²) in [5.74, 6) is 0. The summed E-state index contributed by atoms with van der Waals surface area (Å²) in [5, 5.41) is 0. The van der Waals surface area contributed by atoms with Gasteiger partial charge in [-0.3, -0.25) is 0 Å². The fourth-order valence-electron chi connectivity index (χ4n) is 0.0589. The van der Waals surface area contributed by atoms with Gasteiger partial charge in [-0.15, -0.1) is 0 Å². The van der Waals surface area contributed by atoms with E-state index in [4.69, 9.17) is 0 Å². The van der Waals surface area contributed by atoms with Gasteiger partial charge in [0.05, 0.1) is 0 Å². The van der Waals surface area contributed by atoms with E-state index in [1.54, 1.807) is 6.92 Å². The van der Waals surface area contributed by atoms with E-state index in [9.17, 15) is 4.89 Å². The first-order valence-electron chi connectivity index (χ1n) is 1.40. The van der Waals surface area contributed by atoms with Crippen LogP contribution in [0, 0.1) is 0 Å². The van der Waals surface area contributed by atoms with Crippen LogP contribution in [0.4, 0.5) is 0 Å². The molecule has 1 atom stereocenters. The molecule has 0 amide bonds. The average Bonchev–Trinajstić information content (AvgIpc) is 1.41. The van der Waals surface area contributed by atoms with E-state index >= 15 is 0 Å². The molecule has 0 N–H and O–H groups in total. The van der Waals surface area contributed by atoms with Gasteiger partial charge in [0.1, 0.15) is 0 Å². The second kappa shape index (κ2) is 9.61. The van der Waals surface area contributed by atoms with Crippen LogP contribution >= 0.6 is 9.03 Å². The van der Waals surface area contributed by atoms with E-state index in [0.717, 1.165) is 0 Å². The van der Waals surface area contributed by atoms with Gasteiger partial charge in [0, 0.05) is 6.61 Å². The summed E-state index contributed by atoms with van der Waals surface area (Å²) in [5.41, 5.74) is 0. The summed E-state index contributed by atoms with van der Waals surface area (Å²) in [7, 11) is -0.592. The van der Waals surface area contributed by atoms with Crippen molar-refractivity contribution in [3.8, 4) is 0 Å². The van der Waals surface area contributed by atoms with Crippen molar-refractivity contribution >= 4 is 9.03 Å². The molecule has 2 nitrogen and oxygen atoms in total. The molecule has 0 aromatic heterocycles. The molecule has 6 heavy (non-hydrogen) atoms. The van der Waals surface area contributed by atoms with Crippen LogP contribution in [0.15, 0.2) is 0 Å². The predicted octanol–water partition coefficient (Wildman–Crippen LogP) is -3.10. The van der Waals surface area contributed by atoms with Crippen LogP contribution in [-0.2, 0) is 4.52 Å². The van der Waals surface area contributed by atoms with Crippen molar-refractivity contribution < 1.29 is 39.0 Å². The Hall–Kier alpha value is 1.35. The topological polar surface area (TPSA) is 32.3 Å². The van der Waals surface area contributed by atoms with Crippen molar-refractivity contribution in [2.75, 3.05) is 6.61 Å². The van der Waals surface area contributed by atoms with E-state index in [2.05, 4.69) is 4.52 Å². The molecule has 0 aliphatic carbocycles. The third kappa shape index (κ3) is 9.02. The van der Waals surface area contributed by atoms with Gasteiger partial charge in [0.25, 0.3) is 0 Å². The van der Waals surface area contributed by atoms with Crippen molar-refractivity contribution in [2.24, 2.45) is 0 Å². The summed E-state index contributed by atoms with van der Waals surface area (Å²) in [6.07, 6.45) is 0. The van der Waals surface area contributed by atoms with Crippen LogP contribution in [-0.4, -0.2) is 6.61 Å². The van der Waals surface area contributed by atoms with Gasteiger partial charge in [0.2, 0.25) is 0 Å². The van der Waals surface area contributed by atoms with Crippen LogP contribution < -0.4 is 34.5 Å². The summed E-state index contributed by atoms with van der Waals surface area (Å²) < 4.78 is 4.31. The van der Waals surface area contributed by atoms with Crippen molar-refractivity contribution in [1.82, 2.24) is 0 Å². The minimum atomic E-state index is -0.592. The largest absolute Gasteiger partial charge is 1.00 e. The molecule has 4 heteroatoms. The molecular weight excluding hydrogens is 110 g/mol. The normalized spacial score (nSPS) is 9.00. The minimum absolute atomic E-state index is 0. The first-order valence-corrected chi connectivity index (χ1v) is 2.22. The zero-order valence-electron chi connectivity index (χ0n) is 4.02. The summed E-state index contributed by atoms with van der Waals surface area (Å²) in [6, 6.07) is 0. The van der Waals surface area contributed by atoms with E-state index in [1.165, 1.54) is 0 Å². The molecule has 0 fully saturated rings. The standard InChI is InChI=1S/C2H6O2P.Na/c1-2-4-5-3;/h5H,2H2,1H3;/q-1;+1. The van der Waals surface area contributed by atoms with E-state index < -0.39 is 9.03 Å². The summed E-state index contributed by atoms with van der Waals surface area (Å²) >= 11 is 0. The van der Waals surface area contributed by atoms with Crippen LogP contribution in [0.2, 0.25) is 0 Å². The summed E-state index contributed by atoms with van der Waals surface area (Å²) in [6.45, 7) is 2.34. The molecule has 0 spiro atoms. The first kappa shape index (κ1) is 10.4. The Balaban J connectivity index is 0. The molecule has 0 heterocycles. The van der Waals surface area contributed by atoms with Crippen LogP contribution in [0.1, 0.15) is 6.92 Å². The third-order valence-electron chi connectivity index (χ3n) is 0.203. The minimum Gasteiger partial charge on any atom is -0.810 e. The van der Waals surface area contributed by atoms with Gasteiger partial charge in [-0.1, -0.05) is 9.03 Å². The predicted molar refractivity (Wildman–Crippen MR) is 19.9 cm³/mol. The molecule has 0 rings (SSSR count). The maximum absolute atomic E-state index is 9.34. The Morgan fingerprint density at radius 1 is 1.83 bits per heavy atom. The van der Waals surface area contributed by atoms with Gasteiger partial charge in [-0.25, -0.2) is 0 Å². The van der Waals surface area contributed by atoms with Crippen LogP contribution in [0.25, 0.3) is 0 Å². The zero-order chi connectivity index (χ0) is 4.12. The van der Waals surface area contributed by atoms with Crippen molar-refractivity contribution in [2.45, 2.75) is 6.92 Å². The van der Waals surface area contributed by atoms with Crippen molar-refractivity contribution in [1.29, 1.82) is 0 Å².